The van der Waals surface area contributed by atoms with Gasteiger partial charge < -0.3 is 10.2 Å². The zero-order valence-corrected chi connectivity index (χ0v) is 16.1. The minimum atomic E-state index is -0.322. The average Bonchev–Trinajstić information content (AvgIpc) is 3.08. The van der Waals surface area contributed by atoms with Crippen LogP contribution < -0.4 is 5.32 Å². The van der Waals surface area contributed by atoms with E-state index in [-0.39, 0.29) is 17.5 Å². The molecule has 1 aromatic heterocycles. The average molecular weight is 381 g/mol. The number of hydrogen-bond acceptors (Lipinski definition) is 4. The molecule has 0 aliphatic rings. The van der Waals surface area contributed by atoms with E-state index in [4.69, 9.17) is 0 Å². The molecule has 28 heavy (non-hydrogen) atoms. The molecule has 0 atom stereocenters. The van der Waals surface area contributed by atoms with E-state index in [0.717, 1.165) is 19.5 Å². The van der Waals surface area contributed by atoms with Crippen molar-refractivity contribution in [2.24, 2.45) is 0 Å². The molecule has 0 bridgehead atoms. The van der Waals surface area contributed by atoms with E-state index in [2.05, 4.69) is 39.5 Å². The van der Waals surface area contributed by atoms with Gasteiger partial charge in [0.05, 0.1) is 5.69 Å². The second-order valence-electron chi connectivity index (χ2n) is 6.70. The van der Waals surface area contributed by atoms with Crippen LogP contribution in [0.5, 0.6) is 0 Å². The van der Waals surface area contributed by atoms with E-state index in [9.17, 15) is 9.18 Å². The molecule has 3 rings (SSSR count). The minimum absolute atomic E-state index is 0.111. The number of carbonyl (C=O) groups is 1. The lowest BCUT2D eigenvalue weighted by Crippen LogP contribution is -2.29. The number of carbonyl (C=O) groups excluding carboxylic acids is 1. The fourth-order valence-electron chi connectivity index (χ4n) is 2.92. The number of aryl methyl sites for hydroxylation is 1. The van der Waals surface area contributed by atoms with Crippen LogP contribution >= 0.6 is 0 Å². The van der Waals surface area contributed by atoms with Gasteiger partial charge in [0.2, 0.25) is 5.82 Å². The summed E-state index contributed by atoms with van der Waals surface area (Å²) in [7, 11) is 2.06. The summed E-state index contributed by atoms with van der Waals surface area (Å²) in [5, 5.41) is 7.10. The van der Waals surface area contributed by atoms with Crippen molar-refractivity contribution >= 4 is 5.91 Å². The Labute approximate surface area is 164 Å². The number of aromatic nitrogens is 3. The highest BCUT2D eigenvalue weighted by Gasteiger charge is 2.15. The summed E-state index contributed by atoms with van der Waals surface area (Å²) in [6.45, 7) is 4.04. The fourth-order valence-corrected chi connectivity index (χ4v) is 2.92. The van der Waals surface area contributed by atoms with Gasteiger partial charge >= 0.3 is 0 Å². The number of nitrogens with one attached hydrogen (secondary N) is 1. The van der Waals surface area contributed by atoms with Gasteiger partial charge in [0.1, 0.15) is 11.6 Å². The number of halogens is 1. The second-order valence-corrected chi connectivity index (χ2v) is 6.70. The van der Waals surface area contributed by atoms with E-state index in [0.29, 0.717) is 18.1 Å². The molecule has 0 aliphatic heterocycles. The van der Waals surface area contributed by atoms with Crippen LogP contribution in [0.3, 0.4) is 0 Å². The Balaban J connectivity index is 1.47. The highest BCUT2D eigenvalue weighted by molar-refractivity contribution is 5.90. The highest BCUT2D eigenvalue weighted by atomic mass is 19.1. The Morgan fingerprint density at radius 3 is 2.57 bits per heavy atom. The van der Waals surface area contributed by atoms with Gasteiger partial charge in [0.15, 0.2) is 0 Å². The van der Waals surface area contributed by atoms with Crippen molar-refractivity contribution < 1.29 is 9.18 Å². The van der Waals surface area contributed by atoms with E-state index < -0.39 is 0 Å². The van der Waals surface area contributed by atoms with Crippen LogP contribution in [-0.2, 0) is 6.54 Å². The molecule has 0 unspecified atom stereocenters. The molecule has 0 aliphatic carbocycles. The van der Waals surface area contributed by atoms with E-state index in [1.807, 2.05) is 18.2 Å². The van der Waals surface area contributed by atoms with Crippen molar-refractivity contribution in [1.29, 1.82) is 0 Å². The molecule has 0 fully saturated rings. The molecule has 0 saturated heterocycles. The maximum atomic E-state index is 13.1. The summed E-state index contributed by atoms with van der Waals surface area (Å²) in [5.74, 6) is 0.0465. The van der Waals surface area contributed by atoms with E-state index in [1.165, 1.54) is 22.4 Å². The molecule has 0 radical (unpaired) electrons. The Bertz CT molecular complexity index is 908. The quantitative estimate of drug-likeness (QED) is 0.610. The Hall–Kier alpha value is -3.06. The maximum absolute atomic E-state index is 13.1. The first kappa shape index (κ1) is 19.7. The maximum Gasteiger partial charge on any atom is 0.290 e. The van der Waals surface area contributed by atoms with Gasteiger partial charge in [0.25, 0.3) is 5.91 Å². The predicted molar refractivity (Wildman–Crippen MR) is 106 cm³/mol. The molecule has 146 valence electrons. The largest absolute Gasteiger partial charge is 0.349 e. The summed E-state index contributed by atoms with van der Waals surface area (Å²) < 4.78 is 14.6. The third-order valence-electron chi connectivity index (χ3n) is 4.34. The number of benzene rings is 2. The smallest absolute Gasteiger partial charge is 0.290 e. The number of rotatable bonds is 8. The lowest BCUT2D eigenvalue weighted by atomic mass is 10.2. The zero-order chi connectivity index (χ0) is 19.9. The summed E-state index contributed by atoms with van der Waals surface area (Å²) in [6.07, 6.45) is 0.826. The van der Waals surface area contributed by atoms with Crippen LogP contribution in [0.15, 0.2) is 54.6 Å². The first-order valence-electron chi connectivity index (χ1n) is 9.23. The van der Waals surface area contributed by atoms with Gasteiger partial charge in [-0.1, -0.05) is 30.3 Å². The number of hydrogen-bond donors (Lipinski definition) is 1. The van der Waals surface area contributed by atoms with Gasteiger partial charge in [-0.05, 0) is 56.8 Å². The Morgan fingerprint density at radius 1 is 1.14 bits per heavy atom. The molecule has 3 aromatic rings. The molecule has 1 amide bonds. The molecule has 1 N–H and O–H groups in total. The normalized spacial score (nSPS) is 11.0. The molecule has 1 heterocycles. The third-order valence-corrected chi connectivity index (χ3v) is 4.34. The minimum Gasteiger partial charge on any atom is -0.349 e. The lowest BCUT2D eigenvalue weighted by molar-refractivity contribution is 0.0941. The van der Waals surface area contributed by atoms with Crippen LogP contribution in [0.4, 0.5) is 4.39 Å². The fraction of sp³-hybridized carbons (Fsp3) is 0.286. The van der Waals surface area contributed by atoms with Crippen molar-refractivity contribution in [1.82, 2.24) is 25.0 Å². The van der Waals surface area contributed by atoms with Crippen LogP contribution in [-0.4, -0.2) is 45.7 Å². The second kappa shape index (κ2) is 9.23. The van der Waals surface area contributed by atoms with Crippen LogP contribution in [0, 0.1) is 12.7 Å². The zero-order valence-electron chi connectivity index (χ0n) is 16.1. The monoisotopic (exact) mass is 381 g/mol. The molecule has 0 spiro atoms. The standard InChI is InChI=1S/C21H24FN5O/c1-16-24-20(25-27(16)19-11-9-18(22)10-12-19)21(28)23-13-6-14-26(2)15-17-7-4-3-5-8-17/h3-5,7-12H,6,13-15H2,1-2H3,(H,23,28). The van der Waals surface area contributed by atoms with Gasteiger partial charge in [-0.15, -0.1) is 5.10 Å². The molecule has 2 aromatic carbocycles. The Morgan fingerprint density at radius 2 is 1.86 bits per heavy atom. The van der Waals surface area contributed by atoms with Crippen molar-refractivity contribution in [2.45, 2.75) is 19.9 Å². The number of nitrogens with zero attached hydrogens (tertiary/aromatic N) is 4. The van der Waals surface area contributed by atoms with Gasteiger partial charge in [-0.2, -0.15) is 0 Å². The van der Waals surface area contributed by atoms with Crippen LogP contribution in [0.2, 0.25) is 0 Å². The lowest BCUT2D eigenvalue weighted by Gasteiger charge is -2.16. The first-order chi connectivity index (χ1) is 13.5. The van der Waals surface area contributed by atoms with E-state index in [1.54, 1.807) is 19.1 Å². The van der Waals surface area contributed by atoms with Crippen molar-refractivity contribution in [3.63, 3.8) is 0 Å². The van der Waals surface area contributed by atoms with Crippen molar-refractivity contribution in [3.8, 4) is 5.69 Å². The van der Waals surface area contributed by atoms with Crippen LogP contribution in [0.1, 0.15) is 28.4 Å². The molecule has 0 saturated carbocycles. The SMILES string of the molecule is Cc1nc(C(=O)NCCCN(C)Cc2ccccc2)nn1-c1ccc(F)cc1. The van der Waals surface area contributed by atoms with Crippen molar-refractivity contribution in [3.05, 3.63) is 77.6 Å². The summed E-state index contributed by atoms with van der Waals surface area (Å²) >= 11 is 0. The van der Waals surface area contributed by atoms with Gasteiger partial charge in [-0.3, -0.25) is 4.79 Å². The van der Waals surface area contributed by atoms with Crippen LogP contribution in [0.25, 0.3) is 5.69 Å². The highest BCUT2D eigenvalue weighted by Crippen LogP contribution is 2.10. The summed E-state index contributed by atoms with van der Waals surface area (Å²) in [5.41, 5.74) is 1.92. The first-order valence-corrected chi connectivity index (χ1v) is 9.23. The summed E-state index contributed by atoms with van der Waals surface area (Å²) in [4.78, 5) is 18.7. The predicted octanol–water partition coefficient (Wildman–Crippen LogP) is 2.97. The summed E-state index contributed by atoms with van der Waals surface area (Å²) in [6, 6.07) is 16.2. The molecular weight excluding hydrogens is 357 g/mol. The van der Waals surface area contributed by atoms with Gasteiger partial charge in [0, 0.05) is 13.1 Å². The molecule has 7 heteroatoms. The number of amides is 1. The van der Waals surface area contributed by atoms with Gasteiger partial charge in [-0.25, -0.2) is 14.1 Å². The van der Waals surface area contributed by atoms with E-state index >= 15 is 0 Å². The van der Waals surface area contributed by atoms with Crippen molar-refractivity contribution in [2.75, 3.05) is 20.1 Å². The Kier molecular flexibility index (Phi) is 6.49. The molecule has 6 nitrogen and oxygen atoms in total. The molecular formula is C21H24FN5O. The third kappa shape index (κ3) is 5.23. The topological polar surface area (TPSA) is 63.1 Å².